The Morgan fingerprint density at radius 2 is 2.19 bits per heavy atom. The fourth-order valence-electron chi connectivity index (χ4n) is 1.42. The van der Waals surface area contributed by atoms with Crippen molar-refractivity contribution < 1.29 is 5.21 Å². The lowest BCUT2D eigenvalue weighted by Gasteiger charge is -2.19. The van der Waals surface area contributed by atoms with Crippen LogP contribution in [0.4, 0.5) is 0 Å². The number of nitrogens with two attached hydrogens (primary N) is 1. The van der Waals surface area contributed by atoms with E-state index in [9.17, 15) is 0 Å². The van der Waals surface area contributed by atoms with Crippen LogP contribution >= 0.6 is 15.9 Å². The Kier molecular flexibility index (Phi) is 4.76. The first-order chi connectivity index (χ1) is 7.54. The summed E-state index contributed by atoms with van der Waals surface area (Å²) in [4.78, 5) is 0. The second kappa shape index (κ2) is 5.86. The normalized spacial score (nSPS) is 15.8. The maximum atomic E-state index is 8.55. The van der Waals surface area contributed by atoms with Gasteiger partial charge in [0.1, 0.15) is 0 Å². The second-order valence-electron chi connectivity index (χ2n) is 3.69. The first kappa shape index (κ1) is 13.0. The highest BCUT2D eigenvalue weighted by Crippen LogP contribution is 2.18. The van der Waals surface area contributed by atoms with E-state index in [1.807, 2.05) is 38.1 Å². The van der Waals surface area contributed by atoms with Gasteiger partial charge in [0, 0.05) is 10.5 Å². The van der Waals surface area contributed by atoms with Gasteiger partial charge in [-0.2, -0.15) is 0 Å². The van der Waals surface area contributed by atoms with Gasteiger partial charge in [-0.15, -0.1) is 0 Å². The number of hydrogen-bond acceptors (Lipinski definition) is 3. The molecule has 0 aliphatic heterocycles. The van der Waals surface area contributed by atoms with Crippen LogP contribution in [-0.2, 0) is 0 Å². The van der Waals surface area contributed by atoms with E-state index in [1.165, 1.54) is 0 Å². The van der Waals surface area contributed by atoms with Crippen molar-refractivity contribution in [2.75, 3.05) is 0 Å². The van der Waals surface area contributed by atoms with E-state index in [0.29, 0.717) is 0 Å². The van der Waals surface area contributed by atoms with Gasteiger partial charge in [0.25, 0.3) is 0 Å². The van der Waals surface area contributed by atoms with E-state index in [1.54, 1.807) is 0 Å². The van der Waals surface area contributed by atoms with Crippen LogP contribution < -0.4 is 11.1 Å². The van der Waals surface area contributed by atoms with Crippen LogP contribution in [-0.4, -0.2) is 17.1 Å². The number of oxime groups is 1. The number of nitrogens with zero attached hydrogens (tertiary/aromatic N) is 1. The molecule has 0 bridgehead atoms. The molecular weight excluding hydrogens is 270 g/mol. The molecule has 4 N–H and O–H groups in total. The molecule has 0 aromatic heterocycles. The van der Waals surface area contributed by atoms with Crippen molar-refractivity contribution in [3.05, 3.63) is 34.3 Å². The SMILES string of the molecule is CC(N[C@@H](C)c1cccc(Br)c1)/C(N)=N/O. The van der Waals surface area contributed by atoms with Crippen LogP contribution in [0, 0.1) is 0 Å². The summed E-state index contributed by atoms with van der Waals surface area (Å²) in [6.07, 6.45) is 0. The molecule has 0 spiro atoms. The third-order valence-electron chi connectivity index (χ3n) is 2.41. The molecule has 0 saturated heterocycles. The van der Waals surface area contributed by atoms with E-state index in [-0.39, 0.29) is 17.9 Å². The molecule has 2 atom stereocenters. The third-order valence-corrected chi connectivity index (χ3v) is 2.90. The van der Waals surface area contributed by atoms with Gasteiger partial charge in [0.2, 0.25) is 0 Å². The third kappa shape index (κ3) is 3.50. The Morgan fingerprint density at radius 1 is 1.50 bits per heavy atom. The fraction of sp³-hybridized carbons (Fsp3) is 0.364. The van der Waals surface area contributed by atoms with Crippen molar-refractivity contribution >= 4 is 21.8 Å². The Hall–Kier alpha value is -1.07. The molecule has 0 aliphatic rings. The van der Waals surface area contributed by atoms with Gasteiger partial charge >= 0.3 is 0 Å². The van der Waals surface area contributed by atoms with Crippen LogP contribution in [0.1, 0.15) is 25.5 Å². The molecule has 0 heterocycles. The smallest absolute Gasteiger partial charge is 0.156 e. The molecule has 88 valence electrons. The highest BCUT2D eigenvalue weighted by Gasteiger charge is 2.12. The molecule has 0 radical (unpaired) electrons. The highest BCUT2D eigenvalue weighted by atomic mass is 79.9. The Morgan fingerprint density at radius 3 is 2.75 bits per heavy atom. The van der Waals surface area contributed by atoms with E-state index < -0.39 is 0 Å². The second-order valence-corrected chi connectivity index (χ2v) is 4.61. The molecular formula is C11H16BrN3O. The van der Waals surface area contributed by atoms with Gasteiger partial charge < -0.3 is 16.3 Å². The lowest BCUT2D eigenvalue weighted by atomic mass is 10.1. The van der Waals surface area contributed by atoms with E-state index >= 15 is 0 Å². The summed E-state index contributed by atoms with van der Waals surface area (Å²) in [5, 5.41) is 14.8. The van der Waals surface area contributed by atoms with Gasteiger partial charge in [-0.1, -0.05) is 33.2 Å². The van der Waals surface area contributed by atoms with E-state index in [4.69, 9.17) is 10.9 Å². The van der Waals surface area contributed by atoms with Crippen LogP contribution in [0.15, 0.2) is 33.9 Å². The first-order valence-electron chi connectivity index (χ1n) is 5.03. The van der Waals surface area contributed by atoms with E-state index in [0.717, 1.165) is 10.0 Å². The monoisotopic (exact) mass is 285 g/mol. The molecule has 4 nitrogen and oxygen atoms in total. The molecule has 1 rings (SSSR count). The number of halogens is 1. The van der Waals surface area contributed by atoms with Crippen molar-refractivity contribution in [3.63, 3.8) is 0 Å². The molecule has 1 aromatic carbocycles. The minimum Gasteiger partial charge on any atom is -0.409 e. The summed E-state index contributed by atoms with van der Waals surface area (Å²) in [6.45, 7) is 3.88. The van der Waals surface area contributed by atoms with Gasteiger partial charge in [-0.3, -0.25) is 0 Å². The maximum Gasteiger partial charge on any atom is 0.156 e. The first-order valence-corrected chi connectivity index (χ1v) is 5.83. The standard InChI is InChI=1S/C11H16BrN3O/c1-7(14-8(2)11(13)15-16)9-4-3-5-10(12)6-9/h3-8,14,16H,1-2H3,(H2,13,15)/t7-,8?/m0/s1. The molecule has 0 fully saturated rings. The zero-order chi connectivity index (χ0) is 12.1. The molecule has 1 unspecified atom stereocenters. The number of benzene rings is 1. The van der Waals surface area contributed by atoms with Crippen molar-refractivity contribution in [1.29, 1.82) is 0 Å². The predicted molar refractivity (Wildman–Crippen MR) is 68.6 cm³/mol. The van der Waals surface area contributed by atoms with Crippen molar-refractivity contribution in [3.8, 4) is 0 Å². The number of rotatable bonds is 4. The minimum absolute atomic E-state index is 0.132. The largest absolute Gasteiger partial charge is 0.409 e. The molecule has 0 aliphatic carbocycles. The zero-order valence-corrected chi connectivity index (χ0v) is 10.9. The Labute approximate surface area is 104 Å². The molecule has 0 saturated carbocycles. The van der Waals surface area contributed by atoms with Gasteiger partial charge in [0.15, 0.2) is 5.84 Å². The lowest BCUT2D eigenvalue weighted by molar-refractivity contribution is 0.314. The van der Waals surface area contributed by atoms with Gasteiger partial charge in [-0.05, 0) is 31.5 Å². The molecule has 16 heavy (non-hydrogen) atoms. The Balaban J connectivity index is 2.69. The molecule has 1 aromatic rings. The zero-order valence-electron chi connectivity index (χ0n) is 9.31. The molecule has 0 amide bonds. The molecule has 5 heteroatoms. The van der Waals surface area contributed by atoms with Crippen LogP contribution in [0.3, 0.4) is 0 Å². The maximum absolute atomic E-state index is 8.55. The summed E-state index contributed by atoms with van der Waals surface area (Å²) in [6, 6.07) is 7.99. The summed E-state index contributed by atoms with van der Waals surface area (Å²) >= 11 is 3.42. The van der Waals surface area contributed by atoms with Crippen molar-refractivity contribution in [1.82, 2.24) is 5.32 Å². The van der Waals surface area contributed by atoms with Gasteiger partial charge in [-0.25, -0.2) is 0 Å². The van der Waals surface area contributed by atoms with Crippen molar-refractivity contribution in [2.45, 2.75) is 25.9 Å². The lowest BCUT2D eigenvalue weighted by Crippen LogP contribution is -2.40. The van der Waals surface area contributed by atoms with Crippen molar-refractivity contribution in [2.24, 2.45) is 10.9 Å². The summed E-state index contributed by atoms with van der Waals surface area (Å²) in [5.74, 6) is 0.182. The topological polar surface area (TPSA) is 70.6 Å². The Bertz CT molecular complexity index is 381. The number of nitrogens with one attached hydrogen (secondary N) is 1. The van der Waals surface area contributed by atoms with E-state index in [2.05, 4.69) is 26.4 Å². The predicted octanol–water partition coefficient (Wildman–Crippen LogP) is 2.23. The average Bonchev–Trinajstić information content (AvgIpc) is 2.27. The summed E-state index contributed by atoms with van der Waals surface area (Å²) < 4.78 is 1.04. The highest BCUT2D eigenvalue weighted by molar-refractivity contribution is 9.10. The van der Waals surface area contributed by atoms with Crippen LogP contribution in [0.2, 0.25) is 0 Å². The number of amidine groups is 1. The average molecular weight is 286 g/mol. The summed E-state index contributed by atoms with van der Waals surface area (Å²) in [7, 11) is 0. The van der Waals surface area contributed by atoms with Gasteiger partial charge in [0.05, 0.1) is 6.04 Å². The summed E-state index contributed by atoms with van der Waals surface area (Å²) in [5.41, 5.74) is 6.65. The number of hydrogen-bond donors (Lipinski definition) is 3. The van der Waals surface area contributed by atoms with Crippen LogP contribution in [0.25, 0.3) is 0 Å². The fourth-order valence-corrected chi connectivity index (χ4v) is 1.84. The minimum atomic E-state index is -0.168. The quantitative estimate of drug-likeness (QED) is 0.344. The van der Waals surface area contributed by atoms with Crippen LogP contribution in [0.5, 0.6) is 0 Å².